The number of nitrogens with two attached hydrogens (primary N) is 1. The van der Waals surface area contributed by atoms with Crippen LogP contribution in [0, 0.1) is 10.1 Å². The molecule has 0 aliphatic rings. The second-order valence-electron chi connectivity index (χ2n) is 2.55. The average Bonchev–Trinajstić information content (AvgIpc) is 2.16. The molecule has 0 amide bonds. The van der Waals surface area contributed by atoms with Crippen LogP contribution in [0.3, 0.4) is 0 Å². The maximum absolute atomic E-state index is 11.2. The number of ketones is 1. The number of nitro benzene ring substituents is 1. The smallest absolute Gasteiger partial charge is 0.270 e. The van der Waals surface area contributed by atoms with Gasteiger partial charge in [0.15, 0.2) is 5.78 Å². The summed E-state index contributed by atoms with van der Waals surface area (Å²) in [6, 6.07) is 3.94. The molecule has 1 aromatic carbocycles. The van der Waals surface area contributed by atoms with E-state index in [1.165, 1.54) is 18.2 Å². The zero-order valence-corrected chi connectivity index (χ0v) is 8.65. The first kappa shape index (κ1) is 10.8. The molecule has 74 valence electrons. The minimum absolute atomic E-state index is 0.0644. The van der Waals surface area contributed by atoms with Gasteiger partial charge in [-0.15, -0.1) is 0 Å². The first-order chi connectivity index (χ1) is 6.56. The minimum atomic E-state index is -0.526. The van der Waals surface area contributed by atoms with E-state index in [0.717, 1.165) is 0 Å². The van der Waals surface area contributed by atoms with Crippen LogP contribution in [-0.4, -0.2) is 17.3 Å². The summed E-state index contributed by atoms with van der Waals surface area (Å²) in [6.45, 7) is -0.115. The van der Waals surface area contributed by atoms with E-state index in [2.05, 4.69) is 15.9 Å². The SMILES string of the molecule is NCC(=O)c1ccc([N+](=O)[O-])cc1Br. The standard InChI is InChI=1S/C8H7BrN2O3/c9-7-3-5(11(13)14)1-2-6(7)8(12)4-10/h1-3H,4,10H2. The van der Waals surface area contributed by atoms with Crippen molar-refractivity contribution in [3.63, 3.8) is 0 Å². The van der Waals surface area contributed by atoms with Crippen LogP contribution < -0.4 is 5.73 Å². The Kier molecular flexibility index (Phi) is 3.32. The van der Waals surface area contributed by atoms with Crippen LogP contribution in [0.2, 0.25) is 0 Å². The predicted octanol–water partition coefficient (Wildman–Crippen LogP) is 1.50. The van der Waals surface area contributed by atoms with Gasteiger partial charge in [-0.1, -0.05) is 0 Å². The van der Waals surface area contributed by atoms with Crippen LogP contribution >= 0.6 is 15.9 Å². The maximum Gasteiger partial charge on any atom is 0.270 e. The fourth-order valence-electron chi connectivity index (χ4n) is 0.954. The molecular formula is C8H7BrN2O3. The maximum atomic E-state index is 11.2. The van der Waals surface area contributed by atoms with E-state index in [-0.39, 0.29) is 18.0 Å². The molecule has 5 nitrogen and oxygen atoms in total. The summed E-state index contributed by atoms with van der Waals surface area (Å²) in [7, 11) is 0. The van der Waals surface area contributed by atoms with Crippen LogP contribution in [0.5, 0.6) is 0 Å². The molecule has 0 spiro atoms. The molecule has 14 heavy (non-hydrogen) atoms. The summed E-state index contributed by atoms with van der Waals surface area (Å²) in [5.74, 6) is -0.258. The molecule has 0 atom stereocenters. The van der Waals surface area contributed by atoms with Crippen LogP contribution in [0.25, 0.3) is 0 Å². The minimum Gasteiger partial charge on any atom is -0.324 e. The Morgan fingerprint density at radius 1 is 1.57 bits per heavy atom. The summed E-state index contributed by atoms with van der Waals surface area (Å²) in [4.78, 5) is 21.0. The topological polar surface area (TPSA) is 86.2 Å². The molecule has 0 aromatic heterocycles. The molecule has 0 aliphatic carbocycles. The molecule has 0 radical (unpaired) electrons. The largest absolute Gasteiger partial charge is 0.324 e. The molecule has 0 unspecified atom stereocenters. The van der Waals surface area contributed by atoms with Crippen LogP contribution in [0.1, 0.15) is 10.4 Å². The quantitative estimate of drug-likeness (QED) is 0.506. The van der Waals surface area contributed by atoms with Crippen molar-refractivity contribution in [3.8, 4) is 0 Å². The van der Waals surface area contributed by atoms with Crippen LogP contribution in [-0.2, 0) is 0 Å². The molecule has 0 fully saturated rings. The van der Waals surface area contributed by atoms with Crippen LogP contribution in [0.15, 0.2) is 22.7 Å². The Bertz CT molecular complexity index is 392. The van der Waals surface area contributed by atoms with Crippen molar-refractivity contribution in [3.05, 3.63) is 38.3 Å². The Balaban J connectivity index is 3.14. The highest BCUT2D eigenvalue weighted by atomic mass is 79.9. The Morgan fingerprint density at radius 3 is 2.64 bits per heavy atom. The zero-order valence-electron chi connectivity index (χ0n) is 7.07. The fourth-order valence-corrected chi connectivity index (χ4v) is 1.54. The number of hydrogen-bond donors (Lipinski definition) is 1. The Labute approximate surface area is 88.2 Å². The van der Waals surface area contributed by atoms with Crippen molar-refractivity contribution >= 4 is 27.4 Å². The molecule has 1 rings (SSSR count). The van der Waals surface area contributed by atoms with Crippen LogP contribution in [0.4, 0.5) is 5.69 Å². The van der Waals surface area contributed by atoms with E-state index in [4.69, 9.17) is 5.73 Å². The number of non-ortho nitro benzene ring substituents is 1. The number of nitrogens with zero attached hydrogens (tertiary/aromatic N) is 1. The normalized spacial score (nSPS) is 9.86. The summed E-state index contributed by atoms with van der Waals surface area (Å²) in [5.41, 5.74) is 5.46. The van der Waals surface area contributed by atoms with Crippen molar-refractivity contribution in [1.29, 1.82) is 0 Å². The third-order valence-corrected chi connectivity index (χ3v) is 2.31. The van der Waals surface area contributed by atoms with Gasteiger partial charge in [-0.2, -0.15) is 0 Å². The lowest BCUT2D eigenvalue weighted by Gasteiger charge is -2.00. The zero-order chi connectivity index (χ0) is 10.7. The average molecular weight is 259 g/mol. The molecule has 2 N–H and O–H groups in total. The number of halogens is 1. The third-order valence-electron chi connectivity index (χ3n) is 1.65. The second kappa shape index (κ2) is 4.30. The van der Waals surface area contributed by atoms with Gasteiger partial charge in [0.25, 0.3) is 5.69 Å². The van der Waals surface area contributed by atoms with Gasteiger partial charge in [-0.25, -0.2) is 0 Å². The molecule has 0 aliphatic heterocycles. The molecule has 0 saturated heterocycles. The summed E-state index contributed by atoms with van der Waals surface area (Å²) in [5, 5.41) is 10.4. The monoisotopic (exact) mass is 258 g/mol. The van der Waals surface area contributed by atoms with Gasteiger partial charge in [0.2, 0.25) is 0 Å². The number of rotatable bonds is 3. The fraction of sp³-hybridized carbons (Fsp3) is 0.125. The number of Topliss-reactive ketones (excluding diaryl/α,β-unsaturated/α-hetero) is 1. The Hall–Kier alpha value is -1.27. The van der Waals surface area contributed by atoms with Crippen molar-refractivity contribution in [2.24, 2.45) is 5.73 Å². The molecule has 0 heterocycles. The lowest BCUT2D eigenvalue weighted by molar-refractivity contribution is -0.384. The number of carbonyl (C=O) groups is 1. The Morgan fingerprint density at radius 2 is 2.21 bits per heavy atom. The van der Waals surface area contributed by atoms with E-state index in [0.29, 0.717) is 10.0 Å². The highest BCUT2D eigenvalue weighted by molar-refractivity contribution is 9.10. The van der Waals surface area contributed by atoms with Gasteiger partial charge in [0, 0.05) is 22.2 Å². The third kappa shape index (κ3) is 2.15. The molecular weight excluding hydrogens is 252 g/mol. The molecule has 0 bridgehead atoms. The van der Waals surface area contributed by atoms with E-state index in [1.807, 2.05) is 0 Å². The van der Waals surface area contributed by atoms with Gasteiger partial charge in [0.1, 0.15) is 0 Å². The van der Waals surface area contributed by atoms with Gasteiger partial charge < -0.3 is 5.73 Å². The first-order valence-corrected chi connectivity index (χ1v) is 4.52. The first-order valence-electron chi connectivity index (χ1n) is 3.73. The number of carbonyl (C=O) groups excluding carboxylic acids is 1. The second-order valence-corrected chi connectivity index (χ2v) is 3.40. The van der Waals surface area contributed by atoms with Crippen molar-refractivity contribution < 1.29 is 9.72 Å². The van der Waals surface area contributed by atoms with Crippen molar-refractivity contribution in [2.75, 3.05) is 6.54 Å². The molecule has 1 aromatic rings. The van der Waals surface area contributed by atoms with E-state index < -0.39 is 4.92 Å². The van der Waals surface area contributed by atoms with E-state index >= 15 is 0 Å². The molecule has 0 saturated carbocycles. The number of benzene rings is 1. The highest BCUT2D eigenvalue weighted by Crippen LogP contribution is 2.22. The number of nitro groups is 1. The lowest BCUT2D eigenvalue weighted by atomic mass is 10.1. The highest BCUT2D eigenvalue weighted by Gasteiger charge is 2.12. The number of hydrogen-bond acceptors (Lipinski definition) is 4. The van der Waals surface area contributed by atoms with Gasteiger partial charge >= 0.3 is 0 Å². The summed E-state index contributed by atoms with van der Waals surface area (Å²) >= 11 is 3.08. The van der Waals surface area contributed by atoms with Crippen molar-refractivity contribution in [1.82, 2.24) is 0 Å². The van der Waals surface area contributed by atoms with Crippen molar-refractivity contribution in [2.45, 2.75) is 0 Å². The van der Waals surface area contributed by atoms with E-state index in [9.17, 15) is 14.9 Å². The summed E-state index contributed by atoms with van der Waals surface area (Å²) < 4.78 is 0.391. The van der Waals surface area contributed by atoms with Gasteiger partial charge in [-0.3, -0.25) is 14.9 Å². The van der Waals surface area contributed by atoms with Gasteiger partial charge in [-0.05, 0) is 22.0 Å². The van der Waals surface area contributed by atoms with Gasteiger partial charge in [0.05, 0.1) is 11.5 Å². The molecule has 6 heteroatoms. The predicted molar refractivity (Wildman–Crippen MR) is 54.2 cm³/mol. The lowest BCUT2D eigenvalue weighted by Crippen LogP contribution is -2.14. The summed E-state index contributed by atoms with van der Waals surface area (Å²) in [6.07, 6.45) is 0. The van der Waals surface area contributed by atoms with E-state index in [1.54, 1.807) is 0 Å².